The first kappa shape index (κ1) is 16.0. The van der Waals surface area contributed by atoms with Crippen molar-refractivity contribution >= 4 is 29.2 Å². The Hall–Kier alpha value is -2.34. The third kappa shape index (κ3) is 3.85. The number of aromatic carboxylic acids is 1. The number of carbonyl (C=O) groups excluding carboxylic acids is 1. The van der Waals surface area contributed by atoms with Crippen molar-refractivity contribution in [1.82, 2.24) is 9.78 Å². The molecular weight excluding hydrogens is 306 g/mol. The minimum Gasteiger partial charge on any atom is -0.478 e. The molecule has 0 aliphatic heterocycles. The normalized spacial score (nSPS) is 10.5. The minimum atomic E-state index is -1.01. The number of hydrogen-bond donors (Lipinski definition) is 2. The summed E-state index contributed by atoms with van der Waals surface area (Å²) in [5.74, 6) is -1.23. The standard InChI is InChI=1S/C15H16ClN3O3/c1-9-5-10(2)13(6-12(9)15(21)22)18-14(20)3-4-19-8-11(16)7-17-19/h5-8H,3-4H2,1-2H3,(H,18,20)(H,21,22). The summed E-state index contributed by atoms with van der Waals surface area (Å²) >= 11 is 5.75. The van der Waals surface area contributed by atoms with Gasteiger partial charge in [0.1, 0.15) is 0 Å². The van der Waals surface area contributed by atoms with E-state index in [4.69, 9.17) is 16.7 Å². The van der Waals surface area contributed by atoms with Crippen LogP contribution in [0.5, 0.6) is 0 Å². The summed E-state index contributed by atoms with van der Waals surface area (Å²) in [4.78, 5) is 23.1. The van der Waals surface area contributed by atoms with Crippen LogP contribution in [-0.4, -0.2) is 26.8 Å². The molecule has 0 spiro atoms. The van der Waals surface area contributed by atoms with Crippen LogP contribution in [-0.2, 0) is 11.3 Å². The molecule has 0 aliphatic rings. The van der Waals surface area contributed by atoms with Crippen LogP contribution in [0.2, 0.25) is 5.02 Å². The number of carboxylic acid groups (broad SMARTS) is 1. The number of nitrogens with zero attached hydrogens (tertiary/aromatic N) is 2. The van der Waals surface area contributed by atoms with Crippen LogP contribution in [0.15, 0.2) is 24.5 Å². The second-order valence-electron chi connectivity index (χ2n) is 5.01. The zero-order valence-corrected chi connectivity index (χ0v) is 13.0. The fourth-order valence-corrected chi connectivity index (χ4v) is 2.26. The van der Waals surface area contributed by atoms with Crippen molar-refractivity contribution < 1.29 is 14.7 Å². The third-order valence-corrected chi connectivity index (χ3v) is 3.44. The molecule has 22 heavy (non-hydrogen) atoms. The van der Waals surface area contributed by atoms with Crippen LogP contribution in [0.4, 0.5) is 5.69 Å². The SMILES string of the molecule is Cc1cc(C)c(C(=O)O)cc1NC(=O)CCn1cc(Cl)cn1. The lowest BCUT2D eigenvalue weighted by molar-refractivity contribution is -0.116. The summed E-state index contributed by atoms with van der Waals surface area (Å²) in [6.45, 7) is 3.94. The van der Waals surface area contributed by atoms with E-state index in [2.05, 4.69) is 10.4 Å². The van der Waals surface area contributed by atoms with E-state index in [0.717, 1.165) is 5.56 Å². The maximum Gasteiger partial charge on any atom is 0.336 e. The Balaban J connectivity index is 2.04. The van der Waals surface area contributed by atoms with Gasteiger partial charge in [0.25, 0.3) is 0 Å². The second kappa shape index (κ2) is 6.62. The Labute approximate surface area is 132 Å². The molecule has 0 saturated heterocycles. The van der Waals surface area contributed by atoms with Crippen LogP contribution < -0.4 is 5.32 Å². The highest BCUT2D eigenvalue weighted by atomic mass is 35.5. The average Bonchev–Trinajstić information content (AvgIpc) is 2.85. The number of amides is 1. The van der Waals surface area contributed by atoms with E-state index in [1.165, 1.54) is 12.3 Å². The largest absolute Gasteiger partial charge is 0.478 e. The van der Waals surface area contributed by atoms with Gasteiger partial charge in [-0.2, -0.15) is 5.10 Å². The highest BCUT2D eigenvalue weighted by Gasteiger charge is 2.12. The Bertz CT molecular complexity index is 725. The predicted molar refractivity (Wildman–Crippen MR) is 83.4 cm³/mol. The molecule has 1 heterocycles. The molecule has 116 valence electrons. The summed E-state index contributed by atoms with van der Waals surface area (Å²) in [5, 5.41) is 16.4. The van der Waals surface area contributed by atoms with Crippen molar-refractivity contribution in [2.45, 2.75) is 26.8 Å². The van der Waals surface area contributed by atoms with E-state index >= 15 is 0 Å². The molecular formula is C15H16ClN3O3. The number of aromatic nitrogens is 2. The van der Waals surface area contributed by atoms with Crippen molar-refractivity contribution in [3.05, 3.63) is 46.2 Å². The van der Waals surface area contributed by atoms with Gasteiger partial charge in [-0.25, -0.2) is 4.79 Å². The van der Waals surface area contributed by atoms with Crippen molar-refractivity contribution in [3.63, 3.8) is 0 Å². The first-order valence-electron chi connectivity index (χ1n) is 6.69. The molecule has 2 rings (SSSR count). The fourth-order valence-electron chi connectivity index (χ4n) is 2.11. The van der Waals surface area contributed by atoms with Gasteiger partial charge in [-0.1, -0.05) is 17.7 Å². The van der Waals surface area contributed by atoms with Crippen LogP contribution in [0, 0.1) is 13.8 Å². The maximum absolute atomic E-state index is 12.0. The molecule has 1 amide bonds. The number of halogens is 1. The van der Waals surface area contributed by atoms with Crippen molar-refractivity contribution in [3.8, 4) is 0 Å². The Kier molecular flexibility index (Phi) is 4.82. The van der Waals surface area contributed by atoms with E-state index < -0.39 is 5.97 Å². The van der Waals surface area contributed by atoms with Crippen molar-refractivity contribution in [1.29, 1.82) is 0 Å². The minimum absolute atomic E-state index is 0.180. The number of carbonyl (C=O) groups is 2. The number of benzene rings is 1. The zero-order valence-electron chi connectivity index (χ0n) is 12.3. The number of hydrogen-bond acceptors (Lipinski definition) is 3. The molecule has 0 saturated carbocycles. The molecule has 0 bridgehead atoms. The van der Waals surface area contributed by atoms with Gasteiger partial charge in [-0.05, 0) is 31.0 Å². The molecule has 0 atom stereocenters. The maximum atomic E-state index is 12.0. The molecule has 0 radical (unpaired) electrons. The Morgan fingerprint density at radius 3 is 2.64 bits per heavy atom. The molecule has 1 aromatic heterocycles. The number of rotatable bonds is 5. The van der Waals surface area contributed by atoms with Crippen LogP contribution in [0.3, 0.4) is 0 Å². The topological polar surface area (TPSA) is 84.2 Å². The third-order valence-electron chi connectivity index (χ3n) is 3.25. The second-order valence-corrected chi connectivity index (χ2v) is 5.44. The number of anilines is 1. The number of aryl methyl sites for hydroxylation is 3. The molecule has 2 aromatic rings. The lowest BCUT2D eigenvalue weighted by Crippen LogP contribution is -2.16. The van der Waals surface area contributed by atoms with Crippen molar-refractivity contribution in [2.75, 3.05) is 5.32 Å². The van der Waals surface area contributed by atoms with Crippen molar-refractivity contribution in [2.24, 2.45) is 0 Å². The van der Waals surface area contributed by atoms with Gasteiger partial charge < -0.3 is 10.4 Å². The van der Waals surface area contributed by atoms with Gasteiger partial charge in [0.05, 0.1) is 16.8 Å². The van der Waals surface area contributed by atoms with Crippen LogP contribution >= 0.6 is 11.6 Å². The molecule has 1 aromatic carbocycles. The summed E-state index contributed by atoms with van der Waals surface area (Å²) in [5.41, 5.74) is 2.17. The lowest BCUT2D eigenvalue weighted by Gasteiger charge is -2.11. The van der Waals surface area contributed by atoms with Gasteiger partial charge in [0.2, 0.25) is 5.91 Å². The van der Waals surface area contributed by atoms with E-state index in [9.17, 15) is 9.59 Å². The molecule has 0 aliphatic carbocycles. The number of carboxylic acids is 1. The number of nitrogens with one attached hydrogen (secondary N) is 1. The van der Waals surface area contributed by atoms with Gasteiger partial charge in [-0.3, -0.25) is 9.48 Å². The fraction of sp³-hybridized carbons (Fsp3) is 0.267. The lowest BCUT2D eigenvalue weighted by atomic mass is 10.0. The molecule has 2 N–H and O–H groups in total. The van der Waals surface area contributed by atoms with E-state index in [0.29, 0.717) is 22.8 Å². The Morgan fingerprint density at radius 1 is 1.32 bits per heavy atom. The van der Waals surface area contributed by atoms with Crippen LogP contribution in [0.1, 0.15) is 27.9 Å². The van der Waals surface area contributed by atoms with Crippen LogP contribution in [0.25, 0.3) is 0 Å². The highest BCUT2D eigenvalue weighted by molar-refractivity contribution is 6.30. The summed E-state index contributed by atoms with van der Waals surface area (Å²) in [7, 11) is 0. The van der Waals surface area contributed by atoms with Gasteiger partial charge in [-0.15, -0.1) is 0 Å². The monoisotopic (exact) mass is 321 g/mol. The first-order chi connectivity index (χ1) is 10.4. The van der Waals surface area contributed by atoms with E-state index in [1.807, 2.05) is 6.92 Å². The summed E-state index contributed by atoms with van der Waals surface area (Å²) < 4.78 is 1.58. The molecule has 6 nitrogen and oxygen atoms in total. The molecule has 0 fully saturated rings. The summed E-state index contributed by atoms with van der Waals surface area (Å²) in [6, 6.07) is 3.22. The molecule has 7 heteroatoms. The Morgan fingerprint density at radius 2 is 2.05 bits per heavy atom. The quantitative estimate of drug-likeness (QED) is 0.886. The average molecular weight is 322 g/mol. The summed E-state index contributed by atoms with van der Waals surface area (Å²) in [6.07, 6.45) is 3.35. The van der Waals surface area contributed by atoms with Gasteiger partial charge in [0.15, 0.2) is 0 Å². The van der Waals surface area contributed by atoms with Gasteiger partial charge in [0, 0.05) is 24.8 Å². The van der Waals surface area contributed by atoms with Gasteiger partial charge >= 0.3 is 5.97 Å². The zero-order chi connectivity index (χ0) is 16.3. The predicted octanol–water partition coefficient (Wildman–Crippen LogP) is 2.88. The van der Waals surface area contributed by atoms with E-state index in [-0.39, 0.29) is 17.9 Å². The molecule has 0 unspecified atom stereocenters. The highest BCUT2D eigenvalue weighted by Crippen LogP contribution is 2.21. The first-order valence-corrected chi connectivity index (χ1v) is 7.07. The van der Waals surface area contributed by atoms with E-state index in [1.54, 1.807) is 23.9 Å². The smallest absolute Gasteiger partial charge is 0.336 e.